The average Bonchev–Trinajstić information content (AvgIpc) is 2.48. The van der Waals surface area contributed by atoms with Crippen molar-refractivity contribution in [1.82, 2.24) is 4.90 Å². The first-order valence-corrected chi connectivity index (χ1v) is 6.21. The Labute approximate surface area is 94.5 Å². The van der Waals surface area contributed by atoms with Gasteiger partial charge in [0.05, 0.1) is 0 Å². The van der Waals surface area contributed by atoms with E-state index in [-0.39, 0.29) is 0 Å². The molecule has 88 valence electrons. The van der Waals surface area contributed by atoms with E-state index in [0.29, 0.717) is 11.5 Å². The van der Waals surface area contributed by atoms with Crippen LogP contribution in [-0.2, 0) is 0 Å². The highest BCUT2D eigenvalue weighted by atomic mass is 15.1. The summed E-state index contributed by atoms with van der Waals surface area (Å²) in [4.78, 5) is 2.48. The van der Waals surface area contributed by atoms with Crippen molar-refractivity contribution in [1.29, 1.82) is 0 Å². The average molecular weight is 210 g/mol. The molecule has 0 spiro atoms. The summed E-state index contributed by atoms with van der Waals surface area (Å²) in [6.45, 7) is 11.7. The van der Waals surface area contributed by atoms with E-state index in [9.17, 15) is 0 Å². The third-order valence-electron chi connectivity index (χ3n) is 3.67. The molecule has 0 aromatic heterocycles. The third kappa shape index (κ3) is 3.32. The standard InChI is InChI=1S/C13H26N2/c1-4-9-15(10-5-2)11-13(3)8-6-7-12(13)14/h4,12H,1,5-11,14H2,2-3H3. The maximum absolute atomic E-state index is 6.20. The van der Waals surface area contributed by atoms with Crippen molar-refractivity contribution in [3.8, 4) is 0 Å². The van der Waals surface area contributed by atoms with Crippen molar-refractivity contribution in [3.63, 3.8) is 0 Å². The Hall–Kier alpha value is -0.340. The third-order valence-corrected chi connectivity index (χ3v) is 3.67. The molecule has 2 atom stereocenters. The van der Waals surface area contributed by atoms with Crippen LogP contribution < -0.4 is 5.73 Å². The predicted octanol–water partition coefficient (Wildman–Crippen LogP) is 2.40. The van der Waals surface area contributed by atoms with Gasteiger partial charge in [-0.05, 0) is 31.2 Å². The molecule has 0 heterocycles. The Balaban J connectivity index is 2.51. The molecule has 1 saturated carbocycles. The van der Waals surface area contributed by atoms with E-state index in [1.54, 1.807) is 0 Å². The molecule has 0 bridgehead atoms. The van der Waals surface area contributed by atoms with Crippen LogP contribution in [0.15, 0.2) is 12.7 Å². The van der Waals surface area contributed by atoms with Gasteiger partial charge in [0, 0.05) is 19.1 Å². The zero-order chi connectivity index (χ0) is 11.3. The largest absolute Gasteiger partial charge is 0.327 e. The summed E-state index contributed by atoms with van der Waals surface area (Å²) in [6.07, 6.45) is 6.99. The normalized spacial score (nSPS) is 31.1. The van der Waals surface area contributed by atoms with Crippen LogP contribution >= 0.6 is 0 Å². The summed E-state index contributed by atoms with van der Waals surface area (Å²) in [6, 6.07) is 0.390. The van der Waals surface area contributed by atoms with E-state index in [1.807, 2.05) is 6.08 Å². The van der Waals surface area contributed by atoms with Gasteiger partial charge < -0.3 is 5.73 Å². The van der Waals surface area contributed by atoms with Gasteiger partial charge >= 0.3 is 0 Å². The number of nitrogens with zero attached hydrogens (tertiary/aromatic N) is 1. The fraction of sp³-hybridized carbons (Fsp3) is 0.846. The molecule has 0 aliphatic heterocycles. The molecule has 2 N–H and O–H groups in total. The van der Waals surface area contributed by atoms with Gasteiger partial charge in [-0.15, -0.1) is 6.58 Å². The smallest absolute Gasteiger partial charge is 0.0160 e. The molecular weight excluding hydrogens is 184 g/mol. The fourth-order valence-corrected chi connectivity index (χ4v) is 2.70. The Morgan fingerprint density at radius 1 is 1.60 bits per heavy atom. The van der Waals surface area contributed by atoms with Gasteiger partial charge in [0.1, 0.15) is 0 Å². The van der Waals surface area contributed by atoms with E-state index in [4.69, 9.17) is 5.73 Å². The molecule has 0 saturated heterocycles. The summed E-state index contributed by atoms with van der Waals surface area (Å²) in [5.74, 6) is 0. The van der Waals surface area contributed by atoms with Gasteiger partial charge in [0.25, 0.3) is 0 Å². The molecule has 2 nitrogen and oxygen atoms in total. The summed E-state index contributed by atoms with van der Waals surface area (Å²) >= 11 is 0. The highest BCUT2D eigenvalue weighted by Crippen LogP contribution is 2.37. The van der Waals surface area contributed by atoms with E-state index in [2.05, 4.69) is 25.3 Å². The second-order valence-corrected chi connectivity index (χ2v) is 5.18. The molecule has 0 radical (unpaired) electrons. The summed E-state index contributed by atoms with van der Waals surface area (Å²) in [5.41, 5.74) is 6.53. The molecular formula is C13H26N2. The highest BCUT2D eigenvalue weighted by Gasteiger charge is 2.37. The lowest BCUT2D eigenvalue weighted by Gasteiger charge is -2.35. The second kappa shape index (κ2) is 5.66. The number of rotatable bonds is 6. The van der Waals surface area contributed by atoms with Crippen LogP contribution in [0.1, 0.15) is 39.5 Å². The SMILES string of the molecule is C=CCN(CCC)CC1(C)CCCC1N. The van der Waals surface area contributed by atoms with Crippen LogP contribution in [0, 0.1) is 5.41 Å². The highest BCUT2D eigenvalue weighted by molar-refractivity contribution is 4.94. The van der Waals surface area contributed by atoms with E-state index >= 15 is 0 Å². The van der Waals surface area contributed by atoms with Gasteiger partial charge in [-0.1, -0.05) is 26.3 Å². The maximum Gasteiger partial charge on any atom is 0.0160 e. The topological polar surface area (TPSA) is 29.3 Å². The minimum absolute atomic E-state index is 0.332. The first-order valence-electron chi connectivity index (χ1n) is 6.21. The molecule has 15 heavy (non-hydrogen) atoms. The lowest BCUT2D eigenvalue weighted by atomic mass is 9.84. The molecule has 1 rings (SSSR count). The van der Waals surface area contributed by atoms with Gasteiger partial charge in [-0.25, -0.2) is 0 Å². The van der Waals surface area contributed by atoms with E-state index in [1.165, 1.54) is 25.7 Å². The Bertz CT molecular complexity index is 203. The number of hydrogen-bond donors (Lipinski definition) is 1. The van der Waals surface area contributed by atoms with Gasteiger partial charge in [0.15, 0.2) is 0 Å². The van der Waals surface area contributed by atoms with Gasteiger partial charge in [-0.3, -0.25) is 4.90 Å². The minimum Gasteiger partial charge on any atom is -0.327 e. The Kier molecular flexibility index (Phi) is 4.81. The fourth-order valence-electron chi connectivity index (χ4n) is 2.70. The summed E-state index contributed by atoms with van der Waals surface area (Å²) < 4.78 is 0. The Morgan fingerprint density at radius 3 is 2.80 bits per heavy atom. The number of hydrogen-bond acceptors (Lipinski definition) is 2. The molecule has 1 fully saturated rings. The van der Waals surface area contributed by atoms with Crippen LogP contribution in [-0.4, -0.2) is 30.6 Å². The van der Waals surface area contributed by atoms with Crippen LogP contribution in [0.25, 0.3) is 0 Å². The summed E-state index contributed by atoms with van der Waals surface area (Å²) in [5, 5.41) is 0. The maximum atomic E-state index is 6.20. The summed E-state index contributed by atoms with van der Waals surface area (Å²) in [7, 11) is 0. The van der Waals surface area contributed by atoms with Crippen molar-refractivity contribution in [2.24, 2.45) is 11.1 Å². The zero-order valence-corrected chi connectivity index (χ0v) is 10.3. The molecule has 0 amide bonds. The van der Waals surface area contributed by atoms with Crippen molar-refractivity contribution < 1.29 is 0 Å². The molecule has 0 aromatic rings. The zero-order valence-electron chi connectivity index (χ0n) is 10.3. The van der Waals surface area contributed by atoms with Crippen molar-refractivity contribution >= 4 is 0 Å². The predicted molar refractivity (Wildman–Crippen MR) is 66.9 cm³/mol. The number of nitrogens with two attached hydrogens (primary N) is 1. The quantitative estimate of drug-likeness (QED) is 0.682. The Morgan fingerprint density at radius 2 is 2.33 bits per heavy atom. The second-order valence-electron chi connectivity index (χ2n) is 5.18. The van der Waals surface area contributed by atoms with Crippen LogP contribution in [0.5, 0.6) is 0 Å². The van der Waals surface area contributed by atoms with E-state index < -0.39 is 0 Å². The lowest BCUT2D eigenvalue weighted by molar-refractivity contribution is 0.165. The molecule has 2 unspecified atom stereocenters. The van der Waals surface area contributed by atoms with Crippen LogP contribution in [0.4, 0.5) is 0 Å². The lowest BCUT2D eigenvalue weighted by Crippen LogP contribution is -2.44. The molecule has 1 aliphatic rings. The van der Waals surface area contributed by atoms with Crippen molar-refractivity contribution in [2.75, 3.05) is 19.6 Å². The first kappa shape index (κ1) is 12.7. The first-order chi connectivity index (χ1) is 7.12. The molecule has 2 heteroatoms. The van der Waals surface area contributed by atoms with Gasteiger partial charge in [0.2, 0.25) is 0 Å². The van der Waals surface area contributed by atoms with Crippen LogP contribution in [0.3, 0.4) is 0 Å². The van der Waals surface area contributed by atoms with E-state index in [0.717, 1.165) is 19.6 Å². The van der Waals surface area contributed by atoms with Crippen molar-refractivity contribution in [3.05, 3.63) is 12.7 Å². The monoisotopic (exact) mass is 210 g/mol. The van der Waals surface area contributed by atoms with Crippen LogP contribution in [0.2, 0.25) is 0 Å². The minimum atomic E-state index is 0.332. The van der Waals surface area contributed by atoms with Crippen molar-refractivity contribution in [2.45, 2.75) is 45.6 Å². The van der Waals surface area contributed by atoms with Gasteiger partial charge in [-0.2, -0.15) is 0 Å². The molecule has 1 aliphatic carbocycles. The molecule has 0 aromatic carbocycles.